The standard InChI is InChI=1S/C24H20ClN3O2/c1-24(2,14-8-4-3-5-9-14)28-22(29)19-15(12-13-16(25)20(19)23(28)30)21-26-17-10-6-7-11-18(17)27-21/h3-13,23,30H,1-2H3,(H,26,27). The summed E-state index contributed by atoms with van der Waals surface area (Å²) in [5.74, 6) is 0.299. The van der Waals surface area contributed by atoms with Crippen molar-refractivity contribution in [3.05, 3.63) is 88.4 Å². The first-order valence-electron chi connectivity index (χ1n) is 9.74. The highest BCUT2D eigenvalue weighted by atomic mass is 35.5. The molecule has 150 valence electrons. The van der Waals surface area contributed by atoms with Crippen LogP contribution in [0.4, 0.5) is 0 Å². The van der Waals surface area contributed by atoms with Gasteiger partial charge in [0.05, 0.1) is 22.1 Å². The fourth-order valence-electron chi connectivity index (χ4n) is 4.26. The highest BCUT2D eigenvalue weighted by molar-refractivity contribution is 6.32. The van der Waals surface area contributed by atoms with Crippen LogP contribution < -0.4 is 0 Å². The van der Waals surface area contributed by atoms with E-state index in [4.69, 9.17) is 11.6 Å². The Morgan fingerprint density at radius 3 is 2.47 bits per heavy atom. The molecule has 1 unspecified atom stereocenters. The van der Waals surface area contributed by atoms with Crippen molar-refractivity contribution < 1.29 is 9.90 Å². The van der Waals surface area contributed by atoms with Crippen LogP contribution in [0.2, 0.25) is 5.02 Å². The Morgan fingerprint density at radius 1 is 1.03 bits per heavy atom. The molecule has 1 aliphatic rings. The number of aliphatic hydroxyl groups is 1. The van der Waals surface area contributed by atoms with Crippen molar-refractivity contribution in [2.45, 2.75) is 25.6 Å². The van der Waals surface area contributed by atoms with Crippen LogP contribution in [0.1, 0.15) is 41.6 Å². The van der Waals surface area contributed by atoms with Gasteiger partial charge in [-0.2, -0.15) is 0 Å². The first-order valence-corrected chi connectivity index (χ1v) is 10.1. The number of hydrogen-bond donors (Lipinski definition) is 2. The van der Waals surface area contributed by atoms with Crippen molar-refractivity contribution in [3.63, 3.8) is 0 Å². The van der Waals surface area contributed by atoms with Gasteiger partial charge in [-0.15, -0.1) is 0 Å². The maximum Gasteiger partial charge on any atom is 0.258 e. The second-order valence-electron chi connectivity index (χ2n) is 7.96. The third kappa shape index (κ3) is 2.66. The zero-order valence-corrected chi connectivity index (χ0v) is 17.3. The lowest BCUT2D eigenvalue weighted by molar-refractivity contribution is -0.0304. The number of imidazole rings is 1. The van der Waals surface area contributed by atoms with Crippen LogP contribution in [-0.4, -0.2) is 25.9 Å². The summed E-state index contributed by atoms with van der Waals surface area (Å²) in [6.45, 7) is 3.84. The minimum atomic E-state index is -1.15. The Balaban J connectivity index is 1.68. The molecule has 2 N–H and O–H groups in total. The highest BCUT2D eigenvalue weighted by Crippen LogP contribution is 2.46. The number of benzene rings is 3. The zero-order valence-electron chi connectivity index (χ0n) is 16.6. The number of aromatic amines is 1. The maximum atomic E-state index is 13.7. The van der Waals surface area contributed by atoms with Crippen molar-refractivity contribution in [2.24, 2.45) is 0 Å². The van der Waals surface area contributed by atoms with E-state index in [1.165, 1.54) is 4.90 Å². The number of amides is 1. The second kappa shape index (κ2) is 6.69. The van der Waals surface area contributed by atoms with Gasteiger partial charge in [0.1, 0.15) is 5.82 Å². The van der Waals surface area contributed by atoms with Gasteiger partial charge in [-0.3, -0.25) is 9.69 Å². The number of hydrogen-bond acceptors (Lipinski definition) is 3. The van der Waals surface area contributed by atoms with Gasteiger partial charge in [0, 0.05) is 16.1 Å². The van der Waals surface area contributed by atoms with Gasteiger partial charge in [0.25, 0.3) is 5.91 Å². The first-order chi connectivity index (χ1) is 14.4. The normalized spacial score (nSPS) is 16.3. The molecule has 1 atom stereocenters. The molecule has 0 spiro atoms. The lowest BCUT2D eigenvalue weighted by atomic mass is 9.92. The van der Waals surface area contributed by atoms with Crippen LogP contribution in [0, 0.1) is 0 Å². The summed E-state index contributed by atoms with van der Waals surface area (Å²) >= 11 is 6.46. The second-order valence-corrected chi connectivity index (χ2v) is 8.37. The molecule has 1 aromatic heterocycles. The molecule has 5 rings (SSSR count). The Bertz CT molecular complexity index is 1250. The molecular weight excluding hydrogens is 398 g/mol. The molecule has 1 amide bonds. The summed E-state index contributed by atoms with van der Waals surface area (Å²) in [7, 11) is 0. The SMILES string of the molecule is CC(C)(c1ccccc1)N1C(=O)c2c(-c3nc4ccccc4[nH]3)ccc(Cl)c2C1O. The molecular formula is C24H20ClN3O2. The summed E-state index contributed by atoms with van der Waals surface area (Å²) in [6.07, 6.45) is -1.15. The number of carbonyl (C=O) groups is 1. The van der Waals surface area contributed by atoms with Gasteiger partial charge in [0.15, 0.2) is 6.23 Å². The molecule has 3 aromatic carbocycles. The Kier molecular flexibility index (Phi) is 4.20. The van der Waals surface area contributed by atoms with Crippen LogP contribution in [0.25, 0.3) is 22.4 Å². The molecule has 5 nitrogen and oxygen atoms in total. The molecule has 30 heavy (non-hydrogen) atoms. The van der Waals surface area contributed by atoms with Gasteiger partial charge in [-0.25, -0.2) is 4.98 Å². The monoisotopic (exact) mass is 417 g/mol. The Hall–Kier alpha value is -3.15. The molecule has 0 radical (unpaired) electrons. The van der Waals surface area contributed by atoms with Crippen molar-refractivity contribution in [1.82, 2.24) is 14.9 Å². The average Bonchev–Trinajstić information content (AvgIpc) is 3.29. The van der Waals surface area contributed by atoms with Gasteiger partial charge in [-0.1, -0.05) is 54.1 Å². The van der Waals surface area contributed by atoms with Crippen LogP contribution in [0.5, 0.6) is 0 Å². The first kappa shape index (κ1) is 18.9. The number of halogens is 1. The topological polar surface area (TPSA) is 69.2 Å². The van der Waals surface area contributed by atoms with Crippen LogP contribution in [0.15, 0.2) is 66.7 Å². The number of nitrogens with zero attached hydrogens (tertiary/aromatic N) is 2. The maximum absolute atomic E-state index is 13.7. The van der Waals surface area contributed by atoms with Gasteiger partial charge >= 0.3 is 0 Å². The average molecular weight is 418 g/mol. The van der Waals surface area contributed by atoms with E-state index in [1.807, 2.05) is 68.4 Å². The molecule has 0 saturated heterocycles. The molecule has 2 heterocycles. The van der Waals surface area contributed by atoms with Crippen molar-refractivity contribution in [2.75, 3.05) is 0 Å². The van der Waals surface area contributed by atoms with Crippen LogP contribution in [0.3, 0.4) is 0 Å². The van der Waals surface area contributed by atoms with Gasteiger partial charge in [-0.05, 0) is 43.7 Å². The van der Waals surface area contributed by atoms with Crippen molar-refractivity contribution in [1.29, 1.82) is 0 Å². The van der Waals surface area contributed by atoms with E-state index in [-0.39, 0.29) is 5.91 Å². The number of rotatable bonds is 3. The van der Waals surface area contributed by atoms with Crippen LogP contribution in [-0.2, 0) is 5.54 Å². The fourth-order valence-corrected chi connectivity index (χ4v) is 4.52. The minimum absolute atomic E-state index is 0.274. The Labute approximate surface area is 178 Å². The van der Waals surface area contributed by atoms with Crippen molar-refractivity contribution in [3.8, 4) is 11.4 Å². The van der Waals surface area contributed by atoms with Crippen LogP contribution >= 0.6 is 11.6 Å². The van der Waals surface area contributed by atoms with Gasteiger partial charge in [0.2, 0.25) is 0 Å². The molecule has 4 aromatic rings. The van der Waals surface area contributed by atoms with E-state index in [9.17, 15) is 9.90 Å². The molecule has 0 bridgehead atoms. The summed E-state index contributed by atoms with van der Waals surface area (Å²) in [5, 5.41) is 11.5. The third-order valence-corrected chi connectivity index (χ3v) is 6.18. The molecule has 0 saturated carbocycles. The number of H-pyrrole nitrogens is 1. The van der Waals surface area contributed by atoms with E-state index in [2.05, 4.69) is 9.97 Å². The number of aliphatic hydroxyl groups excluding tert-OH is 1. The van der Waals surface area contributed by atoms with Crippen molar-refractivity contribution >= 4 is 28.5 Å². The lowest BCUT2D eigenvalue weighted by Crippen LogP contribution is -2.44. The summed E-state index contributed by atoms with van der Waals surface area (Å²) in [4.78, 5) is 23.1. The van der Waals surface area contributed by atoms with Gasteiger partial charge < -0.3 is 10.1 Å². The van der Waals surface area contributed by atoms with E-state index < -0.39 is 11.8 Å². The highest BCUT2D eigenvalue weighted by Gasteiger charge is 2.47. The summed E-state index contributed by atoms with van der Waals surface area (Å²) < 4.78 is 0. The van der Waals surface area contributed by atoms with E-state index in [0.29, 0.717) is 27.5 Å². The number of fused-ring (bicyclic) bond motifs is 2. The predicted octanol–water partition coefficient (Wildman–Crippen LogP) is 5.27. The third-order valence-electron chi connectivity index (χ3n) is 5.85. The number of nitrogens with one attached hydrogen (secondary N) is 1. The lowest BCUT2D eigenvalue weighted by Gasteiger charge is -2.38. The quantitative estimate of drug-likeness (QED) is 0.477. The summed E-state index contributed by atoms with van der Waals surface area (Å²) in [5.41, 5.74) is 3.30. The number of carbonyl (C=O) groups excluding carboxylic acids is 1. The van der Waals surface area contributed by atoms with E-state index in [1.54, 1.807) is 12.1 Å². The molecule has 0 fully saturated rings. The molecule has 1 aliphatic heterocycles. The molecule has 0 aliphatic carbocycles. The zero-order chi connectivity index (χ0) is 21.0. The van der Waals surface area contributed by atoms with E-state index >= 15 is 0 Å². The fraction of sp³-hybridized carbons (Fsp3) is 0.167. The smallest absolute Gasteiger partial charge is 0.258 e. The van der Waals surface area contributed by atoms with E-state index in [0.717, 1.165) is 16.6 Å². The largest absolute Gasteiger partial charge is 0.369 e. The predicted molar refractivity (Wildman–Crippen MR) is 117 cm³/mol. The number of para-hydroxylation sites is 2. The summed E-state index contributed by atoms with van der Waals surface area (Å²) in [6, 6.07) is 20.8. The minimum Gasteiger partial charge on any atom is -0.369 e. The molecule has 6 heteroatoms. The number of aromatic nitrogens is 2. The Morgan fingerprint density at radius 2 is 1.73 bits per heavy atom.